The molecule has 1 atom stereocenters. The van der Waals surface area contributed by atoms with Crippen molar-refractivity contribution >= 4 is 23.2 Å². The Bertz CT molecular complexity index is 622. The number of nitrogens with zero attached hydrogens (tertiary/aromatic N) is 2. The van der Waals surface area contributed by atoms with Crippen molar-refractivity contribution in [3.63, 3.8) is 0 Å². The summed E-state index contributed by atoms with van der Waals surface area (Å²) in [5.74, 6) is 5.71. The van der Waals surface area contributed by atoms with E-state index in [1.807, 2.05) is 39.1 Å². The van der Waals surface area contributed by atoms with Crippen LogP contribution in [0, 0.1) is 13.8 Å². The average molecular weight is 313 g/mol. The molecule has 1 heterocycles. The average Bonchev–Trinajstić information content (AvgIpc) is 2.62. The fourth-order valence-electron chi connectivity index (χ4n) is 2.38. The molecule has 0 fully saturated rings. The fraction of sp³-hybridized carbons (Fsp3) is 0.357. The Labute approximate surface area is 128 Å². The number of hydrogen-bond acceptors (Lipinski definition) is 3. The number of nitrogens with one attached hydrogen (secondary N) is 1. The molecule has 0 bridgehead atoms. The predicted molar refractivity (Wildman–Crippen MR) is 82.9 cm³/mol. The van der Waals surface area contributed by atoms with Crippen molar-refractivity contribution in [2.45, 2.75) is 26.3 Å². The van der Waals surface area contributed by atoms with Crippen molar-refractivity contribution in [1.82, 2.24) is 15.2 Å². The van der Waals surface area contributed by atoms with Gasteiger partial charge in [0.1, 0.15) is 0 Å². The summed E-state index contributed by atoms with van der Waals surface area (Å²) in [6, 6.07) is 5.74. The molecular formula is C14H18Cl2N4. The second-order valence-electron chi connectivity index (χ2n) is 4.89. The van der Waals surface area contributed by atoms with Gasteiger partial charge in [-0.25, -0.2) is 0 Å². The molecule has 20 heavy (non-hydrogen) atoms. The first kappa shape index (κ1) is 15.3. The minimum absolute atomic E-state index is 0.0421. The molecule has 0 spiro atoms. The third-order valence-corrected chi connectivity index (χ3v) is 4.19. The molecule has 4 nitrogen and oxygen atoms in total. The second-order valence-corrected chi connectivity index (χ2v) is 5.71. The molecule has 0 radical (unpaired) electrons. The van der Waals surface area contributed by atoms with E-state index in [1.54, 1.807) is 4.68 Å². The van der Waals surface area contributed by atoms with Crippen LogP contribution in [-0.2, 0) is 13.5 Å². The molecule has 1 aromatic carbocycles. The van der Waals surface area contributed by atoms with Crippen LogP contribution < -0.4 is 11.3 Å². The van der Waals surface area contributed by atoms with Gasteiger partial charge in [-0.3, -0.25) is 16.0 Å². The SMILES string of the molecule is Cc1cc(Cl)ccc1C(Cc1c(Cl)c(C)nn1C)NN. The Morgan fingerprint density at radius 1 is 1.35 bits per heavy atom. The minimum Gasteiger partial charge on any atom is -0.271 e. The van der Waals surface area contributed by atoms with Crippen LogP contribution in [0.3, 0.4) is 0 Å². The van der Waals surface area contributed by atoms with Crippen molar-refractivity contribution in [2.75, 3.05) is 0 Å². The van der Waals surface area contributed by atoms with E-state index in [-0.39, 0.29) is 6.04 Å². The zero-order valence-corrected chi connectivity index (χ0v) is 13.3. The highest BCUT2D eigenvalue weighted by Crippen LogP contribution is 2.27. The van der Waals surface area contributed by atoms with Crippen LogP contribution in [0.5, 0.6) is 0 Å². The van der Waals surface area contributed by atoms with Crippen LogP contribution in [0.2, 0.25) is 10.0 Å². The van der Waals surface area contributed by atoms with E-state index in [0.717, 1.165) is 27.5 Å². The van der Waals surface area contributed by atoms with Gasteiger partial charge in [0.25, 0.3) is 0 Å². The number of aromatic nitrogens is 2. The molecule has 1 unspecified atom stereocenters. The number of aryl methyl sites for hydroxylation is 3. The van der Waals surface area contributed by atoms with Crippen LogP contribution in [0.4, 0.5) is 0 Å². The standard InChI is InChI=1S/C14H18Cl2N4/c1-8-6-10(15)4-5-11(8)12(18-17)7-13-14(16)9(2)19-20(13)3/h4-6,12,18H,7,17H2,1-3H3. The Morgan fingerprint density at radius 3 is 2.55 bits per heavy atom. The number of rotatable bonds is 4. The minimum atomic E-state index is -0.0421. The summed E-state index contributed by atoms with van der Waals surface area (Å²) in [7, 11) is 1.89. The summed E-state index contributed by atoms with van der Waals surface area (Å²) in [4.78, 5) is 0. The van der Waals surface area contributed by atoms with Crippen LogP contribution in [0.25, 0.3) is 0 Å². The highest BCUT2D eigenvalue weighted by atomic mass is 35.5. The summed E-state index contributed by atoms with van der Waals surface area (Å²) < 4.78 is 1.80. The number of benzene rings is 1. The predicted octanol–water partition coefficient (Wildman–Crippen LogP) is 3.09. The van der Waals surface area contributed by atoms with Gasteiger partial charge < -0.3 is 0 Å². The van der Waals surface area contributed by atoms with E-state index >= 15 is 0 Å². The van der Waals surface area contributed by atoms with E-state index in [2.05, 4.69) is 10.5 Å². The van der Waals surface area contributed by atoms with Crippen molar-refractivity contribution in [3.8, 4) is 0 Å². The largest absolute Gasteiger partial charge is 0.271 e. The van der Waals surface area contributed by atoms with Crippen LogP contribution in [0.1, 0.15) is 28.6 Å². The molecule has 0 amide bonds. The van der Waals surface area contributed by atoms with E-state index in [1.165, 1.54) is 0 Å². The van der Waals surface area contributed by atoms with Gasteiger partial charge in [0, 0.05) is 18.5 Å². The molecular weight excluding hydrogens is 295 g/mol. The van der Waals surface area contributed by atoms with E-state index in [9.17, 15) is 0 Å². The molecule has 0 saturated heterocycles. The van der Waals surface area contributed by atoms with Gasteiger partial charge >= 0.3 is 0 Å². The summed E-state index contributed by atoms with van der Waals surface area (Å²) in [5, 5.41) is 5.74. The number of nitrogens with two attached hydrogens (primary N) is 1. The lowest BCUT2D eigenvalue weighted by molar-refractivity contribution is 0.528. The van der Waals surface area contributed by atoms with E-state index < -0.39 is 0 Å². The van der Waals surface area contributed by atoms with Gasteiger partial charge in [0.15, 0.2) is 0 Å². The van der Waals surface area contributed by atoms with Crippen LogP contribution >= 0.6 is 23.2 Å². The lowest BCUT2D eigenvalue weighted by atomic mass is 9.98. The van der Waals surface area contributed by atoms with Gasteiger partial charge in [-0.05, 0) is 37.1 Å². The molecule has 3 N–H and O–H groups in total. The zero-order chi connectivity index (χ0) is 14.9. The lowest BCUT2D eigenvalue weighted by Crippen LogP contribution is -2.30. The van der Waals surface area contributed by atoms with Crippen molar-refractivity contribution < 1.29 is 0 Å². The number of hydrazine groups is 1. The Balaban J connectivity index is 2.33. The molecule has 108 valence electrons. The van der Waals surface area contributed by atoms with E-state index in [4.69, 9.17) is 29.0 Å². The van der Waals surface area contributed by atoms with Crippen molar-refractivity contribution in [1.29, 1.82) is 0 Å². The Kier molecular flexibility index (Phi) is 4.70. The maximum absolute atomic E-state index is 6.29. The molecule has 0 saturated carbocycles. The number of hydrogen-bond donors (Lipinski definition) is 2. The Hall–Kier alpha value is -1.07. The molecule has 2 aromatic rings. The topological polar surface area (TPSA) is 55.9 Å². The first-order valence-corrected chi connectivity index (χ1v) is 7.09. The molecule has 2 rings (SSSR count). The maximum Gasteiger partial charge on any atom is 0.0847 e. The summed E-state index contributed by atoms with van der Waals surface area (Å²) in [6.45, 7) is 3.91. The highest BCUT2D eigenvalue weighted by molar-refractivity contribution is 6.31. The first-order valence-electron chi connectivity index (χ1n) is 6.34. The normalized spacial score (nSPS) is 12.7. The Morgan fingerprint density at radius 2 is 2.05 bits per heavy atom. The third kappa shape index (κ3) is 2.99. The molecule has 6 heteroatoms. The molecule has 0 aliphatic rings. The van der Waals surface area contributed by atoms with Crippen molar-refractivity contribution in [3.05, 3.63) is 50.8 Å². The van der Waals surface area contributed by atoms with Gasteiger partial charge in [0.05, 0.1) is 22.5 Å². The van der Waals surface area contributed by atoms with E-state index in [0.29, 0.717) is 11.4 Å². The number of halogens is 2. The molecule has 0 aliphatic carbocycles. The third-order valence-electron chi connectivity index (χ3n) is 3.47. The zero-order valence-electron chi connectivity index (χ0n) is 11.7. The quantitative estimate of drug-likeness (QED) is 0.674. The molecule has 1 aromatic heterocycles. The van der Waals surface area contributed by atoms with Gasteiger partial charge in [-0.15, -0.1) is 0 Å². The smallest absolute Gasteiger partial charge is 0.0847 e. The van der Waals surface area contributed by atoms with Gasteiger partial charge in [0.2, 0.25) is 0 Å². The summed E-state index contributed by atoms with van der Waals surface area (Å²) in [6.07, 6.45) is 0.662. The molecule has 0 aliphatic heterocycles. The fourth-order valence-corrected chi connectivity index (χ4v) is 2.85. The van der Waals surface area contributed by atoms with Crippen LogP contribution in [-0.4, -0.2) is 9.78 Å². The second kappa shape index (κ2) is 6.14. The highest BCUT2D eigenvalue weighted by Gasteiger charge is 2.19. The lowest BCUT2D eigenvalue weighted by Gasteiger charge is -2.19. The van der Waals surface area contributed by atoms with Gasteiger partial charge in [-0.2, -0.15) is 5.10 Å². The summed E-state index contributed by atoms with van der Waals surface area (Å²) >= 11 is 12.3. The monoisotopic (exact) mass is 312 g/mol. The van der Waals surface area contributed by atoms with Crippen LogP contribution in [0.15, 0.2) is 18.2 Å². The summed E-state index contributed by atoms with van der Waals surface area (Å²) in [5.41, 5.74) is 6.83. The van der Waals surface area contributed by atoms with Gasteiger partial charge in [-0.1, -0.05) is 29.3 Å². The maximum atomic E-state index is 6.29. The first-order chi connectivity index (χ1) is 9.43. The van der Waals surface area contributed by atoms with Crippen molar-refractivity contribution in [2.24, 2.45) is 12.9 Å².